The first-order valence-electron chi connectivity index (χ1n) is 36.5. The molecule has 5 aromatic carbocycles. The largest absolute Gasteiger partial charge is 0.316 e. The predicted molar refractivity (Wildman–Crippen MR) is 434 cm³/mol. The number of carbonyl (C=O) groups excluding carboxylic acids is 8. The van der Waals surface area contributed by atoms with Crippen molar-refractivity contribution >= 4 is 69.5 Å². The van der Waals surface area contributed by atoms with Crippen LogP contribution < -0.4 is 19.6 Å². The zero-order chi connectivity index (χ0) is 80.4. The van der Waals surface area contributed by atoms with E-state index in [1.807, 2.05) is 119 Å². The molecule has 12 rings (SSSR count). The third-order valence-electron chi connectivity index (χ3n) is 18.6. The minimum atomic E-state index is -0.453. The quantitative estimate of drug-likeness (QED) is 0.0511. The van der Waals surface area contributed by atoms with Gasteiger partial charge in [0, 0.05) is 209 Å². The summed E-state index contributed by atoms with van der Waals surface area (Å²) in [5.74, 6) is -1.01. The van der Waals surface area contributed by atoms with Crippen molar-refractivity contribution in [3.8, 4) is 44.6 Å². The third kappa shape index (κ3) is 22.4. The standard InChI is InChI=1S/C23H21FN2O2.2C23H23N3O2.C22H20FN3O2/c1-3-23(28)26(2)19-8-9-20(21(24)15-19)17-4-6-18(7-5-17)22(27)14-16-10-12-25-13-11-16;1-4-23(28)26(3)19-6-7-20(16(2)13-19)21-8-5-18(15-25-21)22(27)14-17-9-11-24-12-10-17;1-4-23(28)26(3)19-6-7-20(16(2)13-19)18-5-8-21(25-15-18)22(27)14-17-9-11-24-12-10-17;1-3-22(28)26(2)17-5-6-18(19(23)13-17)16-4-7-20(25-14-16)21(27)12-15-8-10-24-11-9-15/h4-13,15H,3,14H2,1-2H3;2*5-13,15H,4,14H2,1-3H3;4-11,13-14H,3,12H2,1-2H3. The number of halogens is 2. The number of nitrogens with zero attached hydrogens (tertiary/aromatic N) is 11. The van der Waals surface area contributed by atoms with E-state index < -0.39 is 11.6 Å². The predicted octanol–water partition coefficient (Wildman–Crippen LogP) is 17.3. The van der Waals surface area contributed by atoms with Gasteiger partial charge >= 0.3 is 0 Å². The molecule has 0 bridgehead atoms. The van der Waals surface area contributed by atoms with Crippen molar-refractivity contribution in [1.82, 2.24) is 34.9 Å². The third-order valence-corrected chi connectivity index (χ3v) is 18.6. The maximum atomic E-state index is 14.6. The zero-order valence-corrected chi connectivity index (χ0v) is 64.3. The summed E-state index contributed by atoms with van der Waals surface area (Å²) in [4.78, 5) is 132. The zero-order valence-electron chi connectivity index (χ0n) is 64.3. The number of aryl methyl sites for hydroxylation is 2. The highest BCUT2D eigenvalue weighted by Gasteiger charge is 2.20. The van der Waals surface area contributed by atoms with Crippen molar-refractivity contribution in [2.75, 3.05) is 47.8 Å². The van der Waals surface area contributed by atoms with Crippen LogP contribution in [0.15, 0.2) is 250 Å². The molecule has 0 unspecified atom stereocenters. The van der Waals surface area contributed by atoms with E-state index >= 15 is 0 Å². The smallest absolute Gasteiger partial charge is 0.226 e. The molecule has 0 aliphatic heterocycles. The first-order chi connectivity index (χ1) is 54.0. The molecule has 21 heteroatoms. The second-order valence-corrected chi connectivity index (χ2v) is 26.2. The highest BCUT2D eigenvalue weighted by molar-refractivity contribution is 6.00. The second kappa shape index (κ2) is 40.1. The number of ketones is 4. The molecule has 7 heterocycles. The number of aromatic nitrogens is 7. The average Bonchev–Trinajstić information content (AvgIpc) is 0.829. The summed E-state index contributed by atoms with van der Waals surface area (Å²) < 4.78 is 29.2. The Balaban J connectivity index is 0.000000171. The van der Waals surface area contributed by atoms with E-state index in [2.05, 4.69) is 34.9 Å². The van der Waals surface area contributed by atoms with E-state index in [1.54, 1.807) is 193 Å². The van der Waals surface area contributed by atoms with Gasteiger partial charge in [0.05, 0.1) is 5.69 Å². The Morgan fingerprint density at radius 1 is 0.304 bits per heavy atom. The van der Waals surface area contributed by atoms with Gasteiger partial charge in [-0.3, -0.25) is 73.2 Å². The Hall–Kier alpha value is -13.4. The molecule has 0 radical (unpaired) electrons. The van der Waals surface area contributed by atoms with Crippen LogP contribution in [0.5, 0.6) is 0 Å². The molecule has 0 saturated heterocycles. The summed E-state index contributed by atoms with van der Waals surface area (Å²) in [7, 11) is 6.81. The molecule has 0 aliphatic carbocycles. The summed E-state index contributed by atoms with van der Waals surface area (Å²) in [6.07, 6.45) is 20.9. The monoisotopic (exact) mass is 1500 g/mol. The van der Waals surface area contributed by atoms with Gasteiger partial charge in [0.2, 0.25) is 23.6 Å². The van der Waals surface area contributed by atoms with Crippen molar-refractivity contribution in [3.05, 3.63) is 318 Å². The molecule has 0 saturated carbocycles. The molecular formula is C91H87F2N11O8. The molecule has 19 nitrogen and oxygen atoms in total. The molecule has 112 heavy (non-hydrogen) atoms. The van der Waals surface area contributed by atoms with Crippen LogP contribution in [0.1, 0.15) is 128 Å². The van der Waals surface area contributed by atoms with Crippen LogP contribution in [-0.2, 0) is 44.9 Å². The van der Waals surface area contributed by atoms with E-state index in [4.69, 9.17) is 0 Å². The van der Waals surface area contributed by atoms with Gasteiger partial charge in [0.25, 0.3) is 0 Å². The number of Topliss-reactive ketones (excluding diaryl/α,β-unsaturated/α-hetero) is 4. The van der Waals surface area contributed by atoms with Gasteiger partial charge in [-0.25, -0.2) is 8.78 Å². The van der Waals surface area contributed by atoms with Gasteiger partial charge in [-0.1, -0.05) is 76.2 Å². The number of pyridine rings is 7. The summed E-state index contributed by atoms with van der Waals surface area (Å²) >= 11 is 0. The lowest BCUT2D eigenvalue weighted by molar-refractivity contribution is -0.118. The highest BCUT2D eigenvalue weighted by Crippen LogP contribution is 2.32. The number of hydrogen-bond acceptors (Lipinski definition) is 15. The van der Waals surface area contributed by atoms with Crippen LogP contribution in [0.4, 0.5) is 31.5 Å². The van der Waals surface area contributed by atoms with Crippen molar-refractivity contribution in [1.29, 1.82) is 0 Å². The summed E-state index contributed by atoms with van der Waals surface area (Å²) in [6, 6.07) is 53.1. The first-order valence-corrected chi connectivity index (χ1v) is 36.5. The number of amides is 4. The molecular weight excluding hydrogens is 1410 g/mol. The fourth-order valence-corrected chi connectivity index (χ4v) is 11.9. The van der Waals surface area contributed by atoms with Crippen molar-refractivity contribution in [3.63, 3.8) is 0 Å². The second-order valence-electron chi connectivity index (χ2n) is 26.2. The Bertz CT molecular complexity index is 4600. The van der Waals surface area contributed by atoms with Crippen molar-refractivity contribution in [2.24, 2.45) is 0 Å². The van der Waals surface area contributed by atoms with Crippen molar-refractivity contribution < 1.29 is 47.1 Å². The Morgan fingerprint density at radius 3 is 0.929 bits per heavy atom. The number of carbonyl (C=O) groups is 8. The number of rotatable bonds is 24. The molecule has 0 fully saturated rings. The fourth-order valence-electron chi connectivity index (χ4n) is 11.9. The van der Waals surface area contributed by atoms with Crippen LogP contribution in [0.2, 0.25) is 0 Å². The Labute approximate surface area is 651 Å². The van der Waals surface area contributed by atoms with E-state index in [-0.39, 0.29) is 53.2 Å². The van der Waals surface area contributed by atoms with Gasteiger partial charge in [-0.15, -0.1) is 0 Å². The molecule has 568 valence electrons. The van der Waals surface area contributed by atoms with Gasteiger partial charge in [0.15, 0.2) is 23.1 Å². The maximum absolute atomic E-state index is 14.6. The average molecular weight is 1500 g/mol. The molecule has 0 spiro atoms. The molecule has 0 N–H and O–H groups in total. The van der Waals surface area contributed by atoms with Crippen LogP contribution >= 0.6 is 0 Å². The van der Waals surface area contributed by atoms with E-state index in [0.29, 0.717) is 101 Å². The van der Waals surface area contributed by atoms with Crippen molar-refractivity contribution in [2.45, 2.75) is 92.9 Å². The van der Waals surface area contributed by atoms with Crippen LogP contribution in [0, 0.1) is 25.5 Å². The topological polar surface area (TPSA) is 240 Å². The summed E-state index contributed by atoms with van der Waals surface area (Å²) in [6.45, 7) is 11.2. The maximum Gasteiger partial charge on any atom is 0.226 e. The summed E-state index contributed by atoms with van der Waals surface area (Å²) in [5, 5.41) is 0. The van der Waals surface area contributed by atoms with Gasteiger partial charge in [0.1, 0.15) is 23.0 Å². The Kier molecular flexibility index (Phi) is 29.6. The highest BCUT2D eigenvalue weighted by atomic mass is 19.1. The normalized spacial score (nSPS) is 10.5. The van der Waals surface area contributed by atoms with Crippen LogP contribution in [0.25, 0.3) is 44.6 Å². The van der Waals surface area contributed by atoms with Crippen LogP contribution in [-0.4, -0.2) is 110 Å². The molecule has 0 atom stereocenters. The number of hydrogen-bond donors (Lipinski definition) is 0. The number of anilines is 4. The van der Waals surface area contributed by atoms with Gasteiger partial charge < -0.3 is 19.6 Å². The summed E-state index contributed by atoms with van der Waals surface area (Å²) in [5.41, 5.74) is 16.1. The lowest BCUT2D eigenvalue weighted by Gasteiger charge is -2.18. The van der Waals surface area contributed by atoms with E-state index in [9.17, 15) is 47.1 Å². The molecule has 0 aliphatic rings. The first kappa shape index (κ1) is 82.6. The van der Waals surface area contributed by atoms with Crippen LogP contribution in [0.3, 0.4) is 0 Å². The van der Waals surface area contributed by atoms with E-state index in [1.165, 1.54) is 28.1 Å². The minimum Gasteiger partial charge on any atom is -0.316 e. The SMILES string of the molecule is CCC(=O)N(C)c1ccc(-c2ccc(C(=O)Cc3ccncc3)cc2)c(F)c1.CCC(=O)N(C)c1ccc(-c2ccc(C(=O)Cc3ccncc3)cn2)c(C)c1.CCC(=O)N(C)c1ccc(-c2ccc(C(=O)Cc3ccncc3)nc2)c(C)c1.CCC(=O)N(C)c1ccc(-c2ccc(C(=O)Cc3ccncc3)nc2)c(F)c1. The van der Waals surface area contributed by atoms with E-state index in [0.717, 1.165) is 67.1 Å². The van der Waals surface area contributed by atoms with Gasteiger partial charge in [-0.05, 0) is 192 Å². The Morgan fingerprint density at radius 2 is 0.607 bits per heavy atom. The lowest BCUT2D eigenvalue weighted by atomic mass is 9.99. The fraction of sp³-hybridized carbons (Fsp3) is 0.198. The van der Waals surface area contributed by atoms with Gasteiger partial charge in [-0.2, -0.15) is 0 Å². The molecule has 7 aromatic heterocycles. The molecule has 4 amide bonds. The minimum absolute atomic E-state index is 0.00623. The lowest BCUT2D eigenvalue weighted by Crippen LogP contribution is -2.25. The molecule has 12 aromatic rings. The number of benzene rings is 5.